The first-order valence-electron chi connectivity index (χ1n) is 5.89. The highest BCUT2D eigenvalue weighted by atomic mass is 35.5. The minimum Gasteiger partial charge on any atom is -0.351 e. The lowest BCUT2D eigenvalue weighted by molar-refractivity contribution is 0.0977. The van der Waals surface area contributed by atoms with Crippen molar-refractivity contribution in [3.63, 3.8) is 0 Å². The van der Waals surface area contributed by atoms with E-state index in [4.69, 9.17) is 11.6 Å². The van der Waals surface area contributed by atoms with Crippen LogP contribution in [0.15, 0.2) is 47.5 Å². The highest BCUT2D eigenvalue weighted by molar-refractivity contribution is 6.50. The molecule has 0 saturated carbocycles. The Balaban J connectivity index is 2.02. The molecule has 0 unspecified atom stereocenters. The molecule has 1 aliphatic rings. The molecule has 1 N–H and O–H groups in total. The summed E-state index contributed by atoms with van der Waals surface area (Å²) in [6.45, 7) is 0. The van der Waals surface area contributed by atoms with E-state index in [1.165, 1.54) is 36.8 Å². The summed E-state index contributed by atoms with van der Waals surface area (Å²) in [5.41, 5.74) is 0.419. The smallest absolute Gasteiger partial charge is 0.225 e. The van der Waals surface area contributed by atoms with Crippen LogP contribution in [-0.4, -0.2) is 21.5 Å². The molecule has 2 aromatic rings. The number of Topliss-reactive ketones (excluding diaryl/α,β-unsaturated/α-hetero) is 2. The number of halogens is 2. The van der Waals surface area contributed by atoms with Gasteiger partial charge in [-0.3, -0.25) is 9.59 Å². The zero-order chi connectivity index (χ0) is 15.0. The third-order valence-corrected chi connectivity index (χ3v) is 3.29. The Labute approximate surface area is 123 Å². The highest BCUT2D eigenvalue weighted by Crippen LogP contribution is 2.27. The monoisotopic (exact) mass is 303 g/mol. The van der Waals surface area contributed by atoms with Crippen LogP contribution in [0.2, 0.25) is 0 Å². The van der Waals surface area contributed by atoms with E-state index >= 15 is 0 Å². The predicted octanol–water partition coefficient (Wildman–Crippen LogP) is 2.56. The first-order valence-corrected chi connectivity index (χ1v) is 6.27. The standard InChI is InChI=1S/C14H7ClFN3O2/c15-10-12(19-8-3-1-7(16)2-4-8)13(20)9-5-17-6-18-11(9)14(10)21/h1-6,19H. The van der Waals surface area contributed by atoms with Gasteiger partial charge in [-0.05, 0) is 24.3 Å². The number of aromatic nitrogens is 2. The SMILES string of the molecule is O=C1C(Nc2ccc(F)cc2)=C(Cl)C(=O)c2ncncc21. The van der Waals surface area contributed by atoms with Gasteiger partial charge in [-0.1, -0.05) is 11.6 Å². The lowest BCUT2D eigenvalue weighted by Gasteiger charge is -2.17. The van der Waals surface area contributed by atoms with Crippen LogP contribution in [0, 0.1) is 5.82 Å². The molecular weight excluding hydrogens is 297 g/mol. The van der Waals surface area contributed by atoms with Gasteiger partial charge in [-0.2, -0.15) is 0 Å². The number of rotatable bonds is 2. The van der Waals surface area contributed by atoms with Crippen molar-refractivity contribution in [2.24, 2.45) is 0 Å². The van der Waals surface area contributed by atoms with E-state index in [1.54, 1.807) is 0 Å². The number of carbonyl (C=O) groups is 2. The molecule has 1 aliphatic carbocycles. The van der Waals surface area contributed by atoms with Crippen LogP contribution in [0.5, 0.6) is 0 Å². The van der Waals surface area contributed by atoms with Crippen molar-refractivity contribution >= 4 is 28.9 Å². The summed E-state index contributed by atoms with van der Waals surface area (Å²) >= 11 is 5.95. The third kappa shape index (κ3) is 2.30. The van der Waals surface area contributed by atoms with Gasteiger partial charge in [0.15, 0.2) is 0 Å². The summed E-state index contributed by atoms with van der Waals surface area (Å²) in [5.74, 6) is -1.46. The Bertz CT molecular complexity index is 787. The first-order chi connectivity index (χ1) is 10.1. The Kier molecular flexibility index (Phi) is 3.23. The molecule has 0 fully saturated rings. The lowest BCUT2D eigenvalue weighted by atomic mass is 9.98. The van der Waals surface area contributed by atoms with E-state index in [0.717, 1.165) is 0 Å². The van der Waals surface area contributed by atoms with E-state index in [2.05, 4.69) is 15.3 Å². The molecule has 3 rings (SSSR count). The number of ketones is 2. The number of benzene rings is 1. The van der Waals surface area contributed by atoms with Gasteiger partial charge in [0.25, 0.3) is 0 Å². The maximum absolute atomic E-state index is 12.9. The summed E-state index contributed by atoms with van der Waals surface area (Å²) in [6.07, 6.45) is 2.44. The minimum atomic E-state index is -0.557. The number of nitrogens with zero attached hydrogens (tertiary/aromatic N) is 2. The van der Waals surface area contributed by atoms with Crippen molar-refractivity contribution in [3.8, 4) is 0 Å². The van der Waals surface area contributed by atoms with E-state index in [0.29, 0.717) is 5.69 Å². The molecule has 0 radical (unpaired) electrons. The summed E-state index contributed by atoms with van der Waals surface area (Å²) in [5, 5.41) is 2.48. The number of hydrogen-bond acceptors (Lipinski definition) is 5. The van der Waals surface area contributed by atoms with Crippen LogP contribution in [0.25, 0.3) is 0 Å². The number of nitrogens with one attached hydrogen (secondary N) is 1. The lowest BCUT2D eigenvalue weighted by Crippen LogP contribution is -2.25. The van der Waals surface area contributed by atoms with Crippen LogP contribution in [0.3, 0.4) is 0 Å². The first kappa shape index (κ1) is 13.4. The van der Waals surface area contributed by atoms with Crippen molar-refractivity contribution in [1.82, 2.24) is 9.97 Å². The molecule has 7 heteroatoms. The van der Waals surface area contributed by atoms with Crippen molar-refractivity contribution in [2.45, 2.75) is 0 Å². The zero-order valence-electron chi connectivity index (χ0n) is 10.4. The summed E-state index contributed by atoms with van der Waals surface area (Å²) < 4.78 is 12.9. The fraction of sp³-hybridized carbons (Fsp3) is 0. The van der Waals surface area contributed by atoms with E-state index in [1.807, 2.05) is 0 Å². The molecule has 1 aromatic carbocycles. The van der Waals surface area contributed by atoms with Gasteiger partial charge in [0.05, 0.1) is 5.56 Å². The van der Waals surface area contributed by atoms with Gasteiger partial charge in [0, 0.05) is 11.9 Å². The highest BCUT2D eigenvalue weighted by Gasteiger charge is 2.32. The van der Waals surface area contributed by atoms with Crippen molar-refractivity contribution in [3.05, 3.63) is 64.6 Å². The number of carbonyl (C=O) groups excluding carboxylic acids is 2. The average molecular weight is 304 g/mol. The van der Waals surface area contributed by atoms with Gasteiger partial charge < -0.3 is 5.32 Å². The van der Waals surface area contributed by atoms with E-state index in [9.17, 15) is 14.0 Å². The summed E-state index contributed by atoms with van der Waals surface area (Å²) in [6, 6.07) is 5.31. The summed E-state index contributed by atoms with van der Waals surface area (Å²) in [7, 11) is 0. The topological polar surface area (TPSA) is 72.0 Å². The Hall–Kier alpha value is -2.60. The second kappa shape index (κ2) is 5.06. The molecule has 0 bridgehead atoms. The van der Waals surface area contributed by atoms with Crippen molar-refractivity contribution in [2.75, 3.05) is 5.32 Å². The van der Waals surface area contributed by atoms with Crippen LogP contribution < -0.4 is 5.32 Å². The molecule has 0 atom stereocenters. The maximum Gasteiger partial charge on any atom is 0.225 e. The number of fused-ring (bicyclic) bond motifs is 1. The quantitative estimate of drug-likeness (QED) is 0.923. The van der Waals surface area contributed by atoms with Crippen molar-refractivity contribution < 1.29 is 14.0 Å². The van der Waals surface area contributed by atoms with Crippen LogP contribution in [-0.2, 0) is 0 Å². The van der Waals surface area contributed by atoms with Gasteiger partial charge in [-0.25, -0.2) is 14.4 Å². The van der Waals surface area contributed by atoms with Crippen LogP contribution >= 0.6 is 11.6 Å². The number of hydrogen-bond donors (Lipinski definition) is 1. The third-order valence-electron chi connectivity index (χ3n) is 2.93. The average Bonchev–Trinajstić information content (AvgIpc) is 2.51. The fourth-order valence-corrected chi connectivity index (χ4v) is 2.14. The molecule has 0 spiro atoms. The largest absolute Gasteiger partial charge is 0.351 e. The van der Waals surface area contributed by atoms with Crippen molar-refractivity contribution in [1.29, 1.82) is 0 Å². The molecule has 0 aliphatic heterocycles. The Morgan fingerprint density at radius 2 is 1.81 bits per heavy atom. The molecule has 21 heavy (non-hydrogen) atoms. The molecule has 1 heterocycles. The van der Waals surface area contributed by atoms with Gasteiger partial charge >= 0.3 is 0 Å². The Morgan fingerprint density at radius 1 is 1.10 bits per heavy atom. The van der Waals surface area contributed by atoms with Crippen LogP contribution in [0.1, 0.15) is 20.8 Å². The van der Waals surface area contributed by atoms with E-state index in [-0.39, 0.29) is 22.0 Å². The second-order valence-electron chi connectivity index (χ2n) is 4.26. The molecule has 5 nitrogen and oxygen atoms in total. The second-order valence-corrected chi connectivity index (χ2v) is 4.64. The van der Waals surface area contributed by atoms with Crippen LogP contribution in [0.4, 0.5) is 10.1 Å². The summed E-state index contributed by atoms with van der Waals surface area (Å²) in [4.78, 5) is 31.9. The molecule has 104 valence electrons. The minimum absolute atomic E-state index is 0.0235. The number of allylic oxidation sites excluding steroid dienone is 2. The fourth-order valence-electron chi connectivity index (χ4n) is 1.92. The number of anilines is 1. The normalized spacial score (nSPS) is 14.2. The molecule has 1 aromatic heterocycles. The molecule has 0 amide bonds. The van der Waals surface area contributed by atoms with E-state index < -0.39 is 17.4 Å². The Morgan fingerprint density at radius 3 is 2.52 bits per heavy atom. The zero-order valence-corrected chi connectivity index (χ0v) is 11.2. The van der Waals surface area contributed by atoms with Gasteiger partial charge in [0.1, 0.15) is 28.6 Å². The molecule has 0 saturated heterocycles. The molecular formula is C14H7ClFN3O2. The predicted molar refractivity (Wildman–Crippen MR) is 73.6 cm³/mol. The van der Waals surface area contributed by atoms with Gasteiger partial charge in [-0.15, -0.1) is 0 Å². The van der Waals surface area contributed by atoms with Gasteiger partial charge in [0.2, 0.25) is 11.6 Å². The maximum atomic E-state index is 12.9.